The molecule has 0 saturated heterocycles. The van der Waals surface area contributed by atoms with Crippen LogP contribution in [0.4, 0.5) is 0 Å². The Morgan fingerprint density at radius 3 is 2.41 bits per heavy atom. The van der Waals surface area contributed by atoms with E-state index in [9.17, 15) is 13.2 Å². The minimum absolute atomic E-state index is 0.119. The molecule has 0 spiro atoms. The van der Waals surface area contributed by atoms with Crippen molar-refractivity contribution < 1.29 is 18.3 Å². The molecule has 1 unspecified atom stereocenters. The molecule has 0 saturated carbocycles. The summed E-state index contributed by atoms with van der Waals surface area (Å²) in [6.45, 7) is 5.01. The van der Waals surface area contributed by atoms with Crippen LogP contribution in [0.1, 0.15) is 20.8 Å². The first-order valence-corrected chi connectivity index (χ1v) is 7.29. The van der Waals surface area contributed by atoms with Gasteiger partial charge in [0, 0.05) is 0 Å². The van der Waals surface area contributed by atoms with E-state index < -0.39 is 27.4 Å². The molecule has 1 aromatic heterocycles. The van der Waals surface area contributed by atoms with Crippen molar-refractivity contribution in [2.75, 3.05) is 0 Å². The monoisotopic (exact) mass is 277 g/mol. The molecule has 0 aromatic carbocycles. The smallest absolute Gasteiger partial charge is 0.322 e. The van der Waals surface area contributed by atoms with E-state index in [0.717, 1.165) is 11.3 Å². The van der Waals surface area contributed by atoms with Gasteiger partial charge in [0.2, 0.25) is 0 Å². The molecule has 1 aromatic rings. The highest BCUT2D eigenvalue weighted by atomic mass is 32.2. The number of rotatable bonds is 4. The van der Waals surface area contributed by atoms with Gasteiger partial charge in [-0.15, -0.1) is 11.3 Å². The van der Waals surface area contributed by atoms with Gasteiger partial charge in [-0.3, -0.25) is 4.79 Å². The molecule has 96 valence electrons. The molecule has 5 nitrogen and oxygen atoms in total. The Kier molecular flexibility index (Phi) is 3.95. The van der Waals surface area contributed by atoms with Gasteiger partial charge in [0.1, 0.15) is 10.3 Å². The van der Waals surface area contributed by atoms with E-state index in [2.05, 4.69) is 4.72 Å². The van der Waals surface area contributed by atoms with Crippen LogP contribution in [-0.4, -0.2) is 25.5 Å². The van der Waals surface area contributed by atoms with Crippen molar-refractivity contribution in [3.05, 3.63) is 17.5 Å². The van der Waals surface area contributed by atoms with Crippen LogP contribution in [0.3, 0.4) is 0 Å². The predicted molar refractivity (Wildman–Crippen MR) is 65.5 cm³/mol. The summed E-state index contributed by atoms with van der Waals surface area (Å²) in [4.78, 5) is 11.1. The summed E-state index contributed by atoms with van der Waals surface area (Å²) >= 11 is 1.05. The van der Waals surface area contributed by atoms with Crippen molar-refractivity contribution in [2.45, 2.75) is 31.0 Å². The highest BCUT2D eigenvalue weighted by molar-refractivity contribution is 7.91. The Morgan fingerprint density at radius 1 is 1.47 bits per heavy atom. The fourth-order valence-corrected chi connectivity index (χ4v) is 3.63. The highest BCUT2D eigenvalue weighted by Crippen LogP contribution is 2.23. The number of sulfonamides is 1. The van der Waals surface area contributed by atoms with Crippen LogP contribution in [-0.2, 0) is 14.8 Å². The summed E-state index contributed by atoms with van der Waals surface area (Å²) < 4.78 is 26.1. The van der Waals surface area contributed by atoms with Crippen LogP contribution in [0.5, 0.6) is 0 Å². The Hall–Kier alpha value is -0.920. The third-order valence-corrected chi connectivity index (χ3v) is 4.97. The Morgan fingerprint density at radius 2 is 2.06 bits per heavy atom. The van der Waals surface area contributed by atoms with Crippen molar-refractivity contribution >= 4 is 27.3 Å². The van der Waals surface area contributed by atoms with Crippen molar-refractivity contribution in [3.8, 4) is 0 Å². The largest absolute Gasteiger partial charge is 0.480 e. The standard InChI is InChI=1S/C10H15NO4S2/c1-10(2,3)8(9(12)13)11-17(14,15)7-5-4-6-16-7/h4-6,8,11H,1-3H3,(H,12,13). The van der Waals surface area contributed by atoms with Gasteiger partial charge in [-0.05, 0) is 16.9 Å². The van der Waals surface area contributed by atoms with E-state index in [1.54, 1.807) is 32.2 Å². The summed E-state index contributed by atoms with van der Waals surface area (Å²) in [6, 6.07) is 1.88. The van der Waals surface area contributed by atoms with E-state index in [1.165, 1.54) is 6.07 Å². The number of hydrogen-bond donors (Lipinski definition) is 2. The van der Waals surface area contributed by atoms with Gasteiger partial charge in [0.05, 0.1) is 0 Å². The molecule has 0 fully saturated rings. The number of carbonyl (C=O) groups is 1. The molecular formula is C10H15NO4S2. The quantitative estimate of drug-likeness (QED) is 0.874. The molecule has 0 aliphatic rings. The van der Waals surface area contributed by atoms with E-state index in [4.69, 9.17) is 5.11 Å². The van der Waals surface area contributed by atoms with Gasteiger partial charge in [-0.25, -0.2) is 8.42 Å². The summed E-state index contributed by atoms with van der Waals surface area (Å²) in [7, 11) is -3.76. The minimum Gasteiger partial charge on any atom is -0.480 e. The Labute approximate surface area is 105 Å². The van der Waals surface area contributed by atoms with E-state index in [1.807, 2.05) is 0 Å². The molecule has 0 aliphatic carbocycles. The maximum atomic E-state index is 11.9. The normalized spacial score (nSPS) is 14.5. The molecule has 0 amide bonds. The fraction of sp³-hybridized carbons (Fsp3) is 0.500. The fourth-order valence-electron chi connectivity index (χ4n) is 1.23. The molecule has 1 rings (SSSR count). The number of carboxylic acid groups (broad SMARTS) is 1. The zero-order chi connectivity index (χ0) is 13.3. The van der Waals surface area contributed by atoms with Gasteiger partial charge >= 0.3 is 5.97 Å². The first kappa shape index (κ1) is 14.1. The minimum atomic E-state index is -3.76. The van der Waals surface area contributed by atoms with Gasteiger partial charge in [-0.1, -0.05) is 26.8 Å². The first-order chi connectivity index (χ1) is 7.64. The predicted octanol–water partition coefficient (Wildman–Crippen LogP) is 1.53. The number of nitrogens with one attached hydrogen (secondary N) is 1. The third-order valence-electron chi connectivity index (χ3n) is 2.15. The summed E-state index contributed by atoms with van der Waals surface area (Å²) in [5.41, 5.74) is -0.698. The number of aliphatic carboxylic acids is 1. The van der Waals surface area contributed by atoms with Gasteiger partial charge < -0.3 is 5.11 Å². The molecular weight excluding hydrogens is 262 g/mol. The van der Waals surface area contributed by atoms with Crippen molar-refractivity contribution in [2.24, 2.45) is 5.41 Å². The summed E-state index contributed by atoms with van der Waals surface area (Å²) in [5.74, 6) is -1.18. The molecule has 1 atom stereocenters. The van der Waals surface area contributed by atoms with Gasteiger partial charge in [0.15, 0.2) is 0 Å². The molecule has 17 heavy (non-hydrogen) atoms. The second-order valence-electron chi connectivity index (χ2n) is 4.69. The molecule has 7 heteroatoms. The zero-order valence-electron chi connectivity index (χ0n) is 9.80. The maximum Gasteiger partial charge on any atom is 0.322 e. The molecule has 2 N–H and O–H groups in total. The van der Waals surface area contributed by atoms with E-state index in [-0.39, 0.29) is 4.21 Å². The lowest BCUT2D eigenvalue weighted by atomic mass is 9.88. The van der Waals surface area contributed by atoms with E-state index >= 15 is 0 Å². The van der Waals surface area contributed by atoms with Crippen LogP contribution >= 0.6 is 11.3 Å². The second kappa shape index (κ2) is 4.75. The van der Waals surface area contributed by atoms with Crippen LogP contribution in [0.15, 0.2) is 21.7 Å². The second-order valence-corrected chi connectivity index (χ2v) is 7.58. The lowest BCUT2D eigenvalue weighted by molar-refractivity contribution is -0.141. The lowest BCUT2D eigenvalue weighted by Crippen LogP contribution is -2.48. The third kappa shape index (κ3) is 3.52. The van der Waals surface area contributed by atoms with Crippen LogP contribution < -0.4 is 4.72 Å². The molecule has 0 bridgehead atoms. The average Bonchev–Trinajstić information content (AvgIpc) is 2.65. The number of thiophene rings is 1. The van der Waals surface area contributed by atoms with Gasteiger partial charge in [0.25, 0.3) is 10.0 Å². The van der Waals surface area contributed by atoms with E-state index in [0.29, 0.717) is 0 Å². The van der Waals surface area contributed by atoms with Crippen molar-refractivity contribution in [1.82, 2.24) is 4.72 Å². The van der Waals surface area contributed by atoms with Crippen LogP contribution in [0.25, 0.3) is 0 Å². The molecule has 0 radical (unpaired) electrons. The molecule has 0 aliphatic heterocycles. The Bertz CT molecular complexity index is 485. The van der Waals surface area contributed by atoms with Crippen LogP contribution in [0, 0.1) is 5.41 Å². The highest BCUT2D eigenvalue weighted by Gasteiger charge is 2.35. The SMILES string of the molecule is CC(C)(C)C(NS(=O)(=O)c1cccs1)C(=O)O. The van der Waals surface area contributed by atoms with Crippen LogP contribution in [0.2, 0.25) is 0 Å². The molecule has 1 heterocycles. The van der Waals surface area contributed by atoms with Crippen molar-refractivity contribution in [3.63, 3.8) is 0 Å². The topological polar surface area (TPSA) is 83.5 Å². The number of carboxylic acids is 1. The lowest BCUT2D eigenvalue weighted by Gasteiger charge is -2.27. The van der Waals surface area contributed by atoms with Crippen molar-refractivity contribution in [1.29, 1.82) is 0 Å². The Balaban J connectivity index is 3.01. The average molecular weight is 277 g/mol. The maximum absolute atomic E-state index is 11.9. The summed E-state index contributed by atoms with van der Waals surface area (Å²) in [5, 5.41) is 10.7. The van der Waals surface area contributed by atoms with Gasteiger partial charge in [-0.2, -0.15) is 4.72 Å². The first-order valence-electron chi connectivity index (χ1n) is 4.93. The zero-order valence-corrected chi connectivity index (χ0v) is 11.4. The summed E-state index contributed by atoms with van der Waals surface area (Å²) in [6.07, 6.45) is 0. The number of hydrogen-bond acceptors (Lipinski definition) is 4.